The van der Waals surface area contributed by atoms with Crippen LogP contribution in [0.3, 0.4) is 0 Å². The van der Waals surface area contributed by atoms with E-state index in [-0.39, 0.29) is 11.4 Å². The lowest BCUT2D eigenvalue weighted by molar-refractivity contribution is 0.102. The monoisotopic (exact) mass is 381 g/mol. The number of rotatable bonds is 6. The van der Waals surface area contributed by atoms with Crippen molar-refractivity contribution in [1.82, 2.24) is 9.55 Å². The number of amides is 1. The number of para-hydroxylation sites is 2. The fourth-order valence-electron chi connectivity index (χ4n) is 2.63. The second-order valence-corrected chi connectivity index (χ2v) is 5.68. The third-order valence-corrected chi connectivity index (χ3v) is 4.03. The summed E-state index contributed by atoms with van der Waals surface area (Å²) in [6, 6.07) is 11.8. The SMILES string of the molecule is COc1cc(OC)cc(C(=O)Nc2nccn(-c3ccccc3OC)c2=O)c1. The summed E-state index contributed by atoms with van der Waals surface area (Å²) in [7, 11) is 4.49. The molecule has 1 heterocycles. The van der Waals surface area contributed by atoms with Crippen LogP contribution in [-0.4, -0.2) is 36.8 Å². The molecule has 0 radical (unpaired) electrons. The van der Waals surface area contributed by atoms with Gasteiger partial charge in [0.1, 0.15) is 17.2 Å². The molecule has 0 fully saturated rings. The van der Waals surface area contributed by atoms with E-state index in [1.807, 2.05) is 0 Å². The topological polar surface area (TPSA) is 91.7 Å². The molecule has 28 heavy (non-hydrogen) atoms. The third-order valence-electron chi connectivity index (χ3n) is 4.03. The summed E-state index contributed by atoms with van der Waals surface area (Å²) in [4.78, 5) is 29.5. The van der Waals surface area contributed by atoms with Gasteiger partial charge in [-0.2, -0.15) is 0 Å². The van der Waals surface area contributed by atoms with Gasteiger partial charge in [0, 0.05) is 24.0 Å². The largest absolute Gasteiger partial charge is 0.497 e. The Morgan fingerprint density at radius 1 is 1.00 bits per heavy atom. The first-order valence-corrected chi connectivity index (χ1v) is 8.33. The van der Waals surface area contributed by atoms with Crippen molar-refractivity contribution in [3.8, 4) is 22.9 Å². The molecule has 0 bridgehead atoms. The van der Waals surface area contributed by atoms with E-state index in [9.17, 15) is 9.59 Å². The Bertz CT molecular complexity index is 1040. The number of carbonyl (C=O) groups excluding carboxylic acids is 1. The molecule has 0 aliphatic carbocycles. The van der Waals surface area contributed by atoms with Crippen molar-refractivity contribution in [2.75, 3.05) is 26.6 Å². The smallest absolute Gasteiger partial charge is 0.298 e. The molecule has 144 valence electrons. The quantitative estimate of drug-likeness (QED) is 0.705. The lowest BCUT2D eigenvalue weighted by Crippen LogP contribution is -2.26. The van der Waals surface area contributed by atoms with Crippen LogP contribution in [0.2, 0.25) is 0 Å². The van der Waals surface area contributed by atoms with Gasteiger partial charge in [-0.25, -0.2) is 4.98 Å². The van der Waals surface area contributed by atoms with Gasteiger partial charge in [-0.15, -0.1) is 0 Å². The minimum Gasteiger partial charge on any atom is -0.497 e. The zero-order valence-corrected chi connectivity index (χ0v) is 15.6. The number of hydrogen-bond acceptors (Lipinski definition) is 6. The minimum atomic E-state index is -0.514. The Morgan fingerprint density at radius 2 is 1.68 bits per heavy atom. The van der Waals surface area contributed by atoms with E-state index in [1.54, 1.807) is 42.5 Å². The van der Waals surface area contributed by atoms with Crippen molar-refractivity contribution in [3.05, 3.63) is 70.8 Å². The van der Waals surface area contributed by atoms with Crippen LogP contribution in [0.15, 0.2) is 59.7 Å². The maximum Gasteiger partial charge on any atom is 0.298 e. The normalized spacial score (nSPS) is 10.2. The Kier molecular flexibility index (Phi) is 5.59. The highest BCUT2D eigenvalue weighted by atomic mass is 16.5. The molecular weight excluding hydrogens is 362 g/mol. The average Bonchev–Trinajstić information content (AvgIpc) is 2.74. The lowest BCUT2D eigenvalue weighted by atomic mass is 10.2. The van der Waals surface area contributed by atoms with Crippen LogP contribution >= 0.6 is 0 Å². The van der Waals surface area contributed by atoms with Crippen molar-refractivity contribution in [1.29, 1.82) is 0 Å². The number of hydrogen-bond donors (Lipinski definition) is 1. The highest BCUT2D eigenvalue weighted by molar-refractivity contribution is 6.04. The summed E-state index contributed by atoms with van der Waals surface area (Å²) in [5, 5.41) is 2.54. The number of carbonyl (C=O) groups is 1. The van der Waals surface area contributed by atoms with Crippen molar-refractivity contribution in [2.45, 2.75) is 0 Å². The van der Waals surface area contributed by atoms with Gasteiger partial charge in [-0.05, 0) is 24.3 Å². The van der Waals surface area contributed by atoms with E-state index in [2.05, 4.69) is 10.3 Å². The van der Waals surface area contributed by atoms with Crippen LogP contribution in [0.25, 0.3) is 5.69 Å². The molecule has 0 atom stereocenters. The van der Waals surface area contributed by atoms with E-state index in [0.717, 1.165) is 0 Å². The number of ether oxygens (including phenoxy) is 3. The Hall–Kier alpha value is -3.81. The van der Waals surface area contributed by atoms with Gasteiger partial charge in [-0.1, -0.05) is 12.1 Å². The van der Waals surface area contributed by atoms with Crippen molar-refractivity contribution < 1.29 is 19.0 Å². The molecule has 1 N–H and O–H groups in total. The molecule has 8 heteroatoms. The van der Waals surface area contributed by atoms with Gasteiger partial charge in [0.2, 0.25) is 0 Å². The first-order valence-electron chi connectivity index (χ1n) is 8.33. The lowest BCUT2D eigenvalue weighted by Gasteiger charge is -2.12. The first-order chi connectivity index (χ1) is 13.6. The van der Waals surface area contributed by atoms with E-state index in [1.165, 1.54) is 38.3 Å². The Morgan fingerprint density at radius 3 is 2.32 bits per heavy atom. The number of nitrogens with zero attached hydrogens (tertiary/aromatic N) is 2. The molecule has 3 aromatic rings. The van der Waals surface area contributed by atoms with Crippen molar-refractivity contribution >= 4 is 11.7 Å². The van der Waals surface area contributed by atoms with Crippen molar-refractivity contribution in [2.24, 2.45) is 0 Å². The summed E-state index contributed by atoms with van der Waals surface area (Å²) >= 11 is 0. The maximum atomic E-state index is 12.8. The summed E-state index contributed by atoms with van der Waals surface area (Å²) in [5.74, 6) is 0.805. The summed E-state index contributed by atoms with van der Waals surface area (Å²) < 4.78 is 17.0. The molecule has 1 amide bonds. The van der Waals surface area contributed by atoms with Crippen LogP contribution in [0, 0.1) is 0 Å². The highest BCUT2D eigenvalue weighted by Crippen LogP contribution is 2.23. The predicted octanol–water partition coefficient (Wildman–Crippen LogP) is 2.51. The van der Waals surface area contributed by atoms with Crippen LogP contribution < -0.4 is 25.1 Å². The van der Waals surface area contributed by atoms with Crippen LogP contribution in [-0.2, 0) is 0 Å². The number of nitrogens with one attached hydrogen (secondary N) is 1. The van der Waals surface area contributed by atoms with Gasteiger partial charge in [0.25, 0.3) is 11.5 Å². The number of aromatic nitrogens is 2. The van der Waals surface area contributed by atoms with E-state index < -0.39 is 11.5 Å². The van der Waals surface area contributed by atoms with Crippen LogP contribution in [0.1, 0.15) is 10.4 Å². The molecule has 0 unspecified atom stereocenters. The second kappa shape index (κ2) is 8.26. The first kappa shape index (κ1) is 19.0. The molecule has 8 nitrogen and oxygen atoms in total. The molecule has 0 aliphatic rings. The van der Waals surface area contributed by atoms with Crippen LogP contribution in [0.4, 0.5) is 5.82 Å². The zero-order valence-electron chi connectivity index (χ0n) is 15.6. The zero-order chi connectivity index (χ0) is 20.1. The minimum absolute atomic E-state index is 0.111. The summed E-state index contributed by atoms with van der Waals surface area (Å²) in [6.45, 7) is 0. The number of methoxy groups -OCH3 is 3. The third kappa shape index (κ3) is 3.80. The van der Waals surface area contributed by atoms with Gasteiger partial charge in [0.15, 0.2) is 5.82 Å². The molecule has 0 saturated carbocycles. The fourth-order valence-corrected chi connectivity index (χ4v) is 2.63. The summed E-state index contributed by atoms with van der Waals surface area (Å²) in [5.41, 5.74) is 0.316. The molecule has 3 rings (SSSR count). The molecule has 0 aliphatic heterocycles. The number of benzene rings is 2. The van der Waals surface area contributed by atoms with Crippen LogP contribution in [0.5, 0.6) is 17.2 Å². The summed E-state index contributed by atoms with van der Waals surface area (Å²) in [6.07, 6.45) is 2.93. The average molecular weight is 381 g/mol. The molecule has 0 saturated heterocycles. The van der Waals surface area contributed by atoms with Gasteiger partial charge in [0.05, 0.1) is 27.0 Å². The van der Waals surface area contributed by atoms with Gasteiger partial charge >= 0.3 is 0 Å². The maximum absolute atomic E-state index is 12.8. The molecule has 0 spiro atoms. The Labute approximate surface area is 161 Å². The fraction of sp³-hybridized carbons (Fsp3) is 0.150. The highest BCUT2D eigenvalue weighted by Gasteiger charge is 2.15. The predicted molar refractivity (Wildman–Crippen MR) is 104 cm³/mol. The molecule has 1 aromatic heterocycles. The standard InChI is InChI=1S/C20H19N3O5/c1-26-14-10-13(11-15(12-14)27-2)19(24)22-18-20(25)23(9-8-21-18)16-6-4-5-7-17(16)28-3/h4-12H,1-3H3,(H,21,22,24). The molecular formula is C20H19N3O5. The van der Waals surface area contributed by atoms with Crippen molar-refractivity contribution in [3.63, 3.8) is 0 Å². The van der Waals surface area contributed by atoms with E-state index in [0.29, 0.717) is 22.9 Å². The number of anilines is 1. The Balaban J connectivity index is 1.96. The second-order valence-electron chi connectivity index (χ2n) is 5.68. The van der Waals surface area contributed by atoms with E-state index >= 15 is 0 Å². The van der Waals surface area contributed by atoms with Gasteiger partial charge in [-0.3, -0.25) is 14.2 Å². The van der Waals surface area contributed by atoms with E-state index in [4.69, 9.17) is 14.2 Å². The van der Waals surface area contributed by atoms with Gasteiger partial charge < -0.3 is 19.5 Å². The molecule has 2 aromatic carbocycles.